The summed E-state index contributed by atoms with van der Waals surface area (Å²) in [5.41, 5.74) is 6.24. The van der Waals surface area contributed by atoms with Gasteiger partial charge in [-0.1, -0.05) is 55.1 Å². The predicted molar refractivity (Wildman–Crippen MR) is 204 cm³/mol. The lowest BCUT2D eigenvalue weighted by molar-refractivity contribution is -0.111. The molecule has 0 saturated carbocycles. The Morgan fingerprint density at radius 1 is 0.959 bits per heavy atom. The first-order valence-electron chi connectivity index (χ1n) is 15.7. The fourth-order valence-electron chi connectivity index (χ4n) is 4.91. The Kier molecular flexibility index (Phi) is 11.6. The molecule has 0 saturated heterocycles. The van der Waals surface area contributed by atoms with E-state index in [2.05, 4.69) is 55.9 Å². The maximum atomic E-state index is 13.0. The third-order valence-corrected chi connectivity index (χ3v) is 8.40. The second kappa shape index (κ2) is 16.4. The zero-order valence-electron chi connectivity index (χ0n) is 28.0. The van der Waals surface area contributed by atoms with Crippen molar-refractivity contribution in [2.24, 2.45) is 0 Å². The Bertz CT molecular complexity index is 2060. The molecule has 2 amide bonds. The van der Waals surface area contributed by atoms with Crippen LogP contribution in [-0.4, -0.2) is 51.3 Å². The van der Waals surface area contributed by atoms with E-state index in [0.717, 1.165) is 38.3 Å². The number of likely N-dealkylation sites (N-methyl/N-ethyl adjacent to an activating group) is 1. The number of carbonyl (C=O) groups is 2. The van der Waals surface area contributed by atoms with Crippen LogP contribution in [0.5, 0.6) is 0 Å². The number of nitrogens with one attached hydrogen (secondary N) is 3. The smallest absolute Gasteiger partial charge is 0.255 e. The Morgan fingerprint density at radius 3 is 2.49 bits per heavy atom. The molecule has 248 valence electrons. The minimum absolute atomic E-state index is 0.227. The second-order valence-corrected chi connectivity index (χ2v) is 12.4. The lowest BCUT2D eigenvalue weighted by Crippen LogP contribution is -2.13. The number of benzene rings is 3. The number of carbonyl (C=O) groups excluding carboxylic acids is 2. The molecule has 0 aliphatic heterocycles. The van der Waals surface area contributed by atoms with Crippen molar-refractivity contribution < 1.29 is 9.59 Å². The van der Waals surface area contributed by atoms with Crippen molar-refractivity contribution in [3.05, 3.63) is 144 Å². The van der Waals surface area contributed by atoms with Gasteiger partial charge in [-0.15, -0.1) is 0 Å². The van der Waals surface area contributed by atoms with Gasteiger partial charge < -0.3 is 20.9 Å². The molecule has 10 heteroatoms. The highest BCUT2D eigenvalue weighted by Gasteiger charge is 2.16. The number of anilines is 4. The second-order valence-electron chi connectivity index (χ2n) is 11.4. The monoisotopic (exact) mass is 669 g/mol. The molecule has 3 N–H and O–H groups in total. The molecule has 5 aromatic rings. The van der Waals surface area contributed by atoms with Gasteiger partial charge in [0.1, 0.15) is 0 Å². The molecule has 0 aliphatic rings. The normalized spacial score (nSPS) is 11.8. The minimum Gasteiger partial charge on any atom is -0.324 e. The van der Waals surface area contributed by atoms with Crippen LogP contribution >= 0.6 is 11.9 Å². The van der Waals surface area contributed by atoms with Crippen LogP contribution in [0.25, 0.3) is 22.2 Å². The van der Waals surface area contributed by atoms with Crippen LogP contribution < -0.4 is 16.0 Å². The largest absolute Gasteiger partial charge is 0.324 e. The highest BCUT2D eigenvalue weighted by Crippen LogP contribution is 2.36. The lowest BCUT2D eigenvalue weighted by Gasteiger charge is -2.11. The predicted octanol–water partition coefficient (Wildman–Crippen LogP) is 8.60. The van der Waals surface area contributed by atoms with Crippen LogP contribution in [0.4, 0.5) is 23.0 Å². The van der Waals surface area contributed by atoms with E-state index in [4.69, 9.17) is 4.98 Å². The van der Waals surface area contributed by atoms with Crippen LogP contribution in [0.2, 0.25) is 0 Å². The Morgan fingerprint density at radius 2 is 1.73 bits per heavy atom. The summed E-state index contributed by atoms with van der Waals surface area (Å²) in [6.45, 7) is 8.47. The molecular weight excluding hydrogens is 631 g/mol. The van der Waals surface area contributed by atoms with Gasteiger partial charge in [0.05, 0.1) is 11.2 Å². The molecule has 5 rings (SSSR count). The van der Waals surface area contributed by atoms with E-state index in [1.165, 1.54) is 6.08 Å². The number of nitrogens with zero attached hydrogens (tertiary/aromatic N) is 4. The third-order valence-electron chi connectivity index (χ3n) is 7.32. The van der Waals surface area contributed by atoms with Gasteiger partial charge in [-0.25, -0.2) is 9.97 Å². The summed E-state index contributed by atoms with van der Waals surface area (Å²) in [6.07, 6.45) is 15.0. The zero-order valence-corrected chi connectivity index (χ0v) is 28.8. The first-order chi connectivity index (χ1) is 23.7. The van der Waals surface area contributed by atoms with Crippen LogP contribution in [0.15, 0.2) is 133 Å². The van der Waals surface area contributed by atoms with Crippen molar-refractivity contribution in [1.82, 2.24) is 18.8 Å². The lowest BCUT2D eigenvalue weighted by atomic mass is 10.1. The molecule has 3 aromatic carbocycles. The SMILES string of the molecule is C=C/C=C\C(=C/C)Sn1cc(-c2nc(Nc3cccc(NC(=O)c4ccc(NC(=O)/C=C/CN(C)C)cc4)c3)ncc2C)c2ccccc21. The highest BCUT2D eigenvalue weighted by atomic mass is 32.2. The summed E-state index contributed by atoms with van der Waals surface area (Å²) in [7, 11) is 3.86. The number of aromatic nitrogens is 3. The first-order valence-corrected chi connectivity index (χ1v) is 16.5. The molecule has 0 unspecified atom stereocenters. The molecule has 9 nitrogen and oxygen atoms in total. The third kappa shape index (κ3) is 9.22. The maximum Gasteiger partial charge on any atom is 0.255 e. The van der Waals surface area contributed by atoms with Gasteiger partial charge >= 0.3 is 0 Å². The van der Waals surface area contributed by atoms with Gasteiger partial charge in [-0.2, -0.15) is 0 Å². The standard InChI is InChI=1S/C39H39N7O2S/c1-6-8-15-32(7-2)49-46-26-34(33-16-9-10-17-35(33)46)37-27(3)25-40-39(44-37)43-31-14-11-13-30(24-31)42-38(48)28-19-21-29(22-20-28)41-36(47)18-12-23-45(4)5/h6-22,24-26H,1,23H2,2-5H3,(H,41,47)(H,42,48)(H,40,43,44)/b15-8-,18-12+,32-7+. The molecule has 0 bridgehead atoms. The molecule has 2 aromatic heterocycles. The summed E-state index contributed by atoms with van der Waals surface area (Å²) in [5.74, 6) is -0.0646. The number of rotatable bonds is 13. The number of allylic oxidation sites excluding steroid dienone is 4. The minimum atomic E-state index is -0.273. The summed E-state index contributed by atoms with van der Waals surface area (Å²) in [4.78, 5) is 37.7. The van der Waals surface area contributed by atoms with Gasteiger partial charge in [0.15, 0.2) is 0 Å². The number of fused-ring (bicyclic) bond motifs is 1. The molecule has 0 radical (unpaired) electrons. The Labute approximate surface area is 291 Å². The van der Waals surface area contributed by atoms with Gasteiger partial charge in [-0.3, -0.25) is 13.6 Å². The quantitative estimate of drug-likeness (QED) is 0.0852. The van der Waals surface area contributed by atoms with Crippen molar-refractivity contribution >= 4 is 57.7 Å². The fourth-order valence-corrected chi connectivity index (χ4v) is 5.80. The van der Waals surface area contributed by atoms with E-state index in [9.17, 15) is 9.59 Å². The van der Waals surface area contributed by atoms with Crippen molar-refractivity contribution in [2.45, 2.75) is 13.8 Å². The summed E-state index contributed by atoms with van der Waals surface area (Å²) in [6, 6.07) is 22.4. The first kappa shape index (κ1) is 34.6. The van der Waals surface area contributed by atoms with E-state index < -0.39 is 0 Å². The number of hydrogen-bond donors (Lipinski definition) is 3. The fraction of sp³-hybridized carbons (Fsp3) is 0.128. The maximum absolute atomic E-state index is 13.0. The molecule has 2 heterocycles. The summed E-state index contributed by atoms with van der Waals surface area (Å²) >= 11 is 1.63. The zero-order chi connectivity index (χ0) is 34.8. The van der Waals surface area contributed by atoms with E-state index in [1.807, 2.05) is 87.6 Å². The van der Waals surface area contributed by atoms with Crippen LogP contribution in [0.1, 0.15) is 22.8 Å². The van der Waals surface area contributed by atoms with Crippen LogP contribution in [-0.2, 0) is 4.79 Å². The van der Waals surface area contributed by atoms with Crippen molar-refractivity contribution in [2.75, 3.05) is 36.6 Å². The van der Waals surface area contributed by atoms with Crippen molar-refractivity contribution in [1.29, 1.82) is 0 Å². The van der Waals surface area contributed by atoms with Gasteiger partial charge in [0.25, 0.3) is 5.91 Å². The van der Waals surface area contributed by atoms with Crippen molar-refractivity contribution in [3.63, 3.8) is 0 Å². The van der Waals surface area contributed by atoms with E-state index in [0.29, 0.717) is 29.4 Å². The topological polar surface area (TPSA) is 104 Å². The number of hydrogen-bond acceptors (Lipinski definition) is 7. The molecule has 0 aliphatic carbocycles. The highest BCUT2D eigenvalue weighted by molar-refractivity contribution is 8.02. The van der Waals surface area contributed by atoms with Crippen LogP contribution in [0, 0.1) is 6.92 Å². The average Bonchev–Trinajstić information content (AvgIpc) is 3.45. The van der Waals surface area contributed by atoms with Crippen molar-refractivity contribution in [3.8, 4) is 11.3 Å². The molecule has 0 atom stereocenters. The van der Waals surface area contributed by atoms with E-state index >= 15 is 0 Å². The Hall–Kier alpha value is -5.71. The van der Waals surface area contributed by atoms with Gasteiger partial charge in [0, 0.05) is 63.5 Å². The van der Waals surface area contributed by atoms with Crippen LogP contribution in [0.3, 0.4) is 0 Å². The molecule has 0 spiro atoms. The summed E-state index contributed by atoms with van der Waals surface area (Å²) < 4.78 is 2.16. The molecule has 49 heavy (non-hydrogen) atoms. The number of aryl methyl sites for hydroxylation is 1. The molecular formula is C39H39N7O2S. The van der Waals surface area contributed by atoms with E-state index in [1.54, 1.807) is 48.4 Å². The number of para-hydroxylation sites is 1. The summed E-state index contributed by atoms with van der Waals surface area (Å²) in [5, 5.41) is 10.1. The average molecular weight is 670 g/mol. The van der Waals surface area contributed by atoms with E-state index in [-0.39, 0.29) is 11.8 Å². The van der Waals surface area contributed by atoms with Gasteiger partial charge in [0.2, 0.25) is 11.9 Å². The number of amides is 2. The van der Waals surface area contributed by atoms with Gasteiger partial charge in [-0.05, 0) is 100 Å². The molecule has 0 fully saturated rings. The Balaban J connectivity index is 1.30.